The Hall–Kier alpha value is -2.93. The number of aliphatic hydroxyl groups is 1. The third-order valence-corrected chi connectivity index (χ3v) is 5.87. The predicted molar refractivity (Wildman–Crippen MR) is 121 cm³/mol. The van der Waals surface area contributed by atoms with Crippen LogP contribution in [-0.2, 0) is 16.0 Å². The Labute approximate surface area is 188 Å². The molecule has 1 aliphatic rings. The molecule has 1 saturated heterocycles. The molecule has 0 aliphatic carbocycles. The number of anilines is 1. The van der Waals surface area contributed by atoms with Gasteiger partial charge in [-0.15, -0.1) is 0 Å². The number of rotatable bonds is 10. The Morgan fingerprint density at radius 1 is 1.12 bits per heavy atom. The third-order valence-electron chi connectivity index (χ3n) is 5.87. The molecule has 1 fully saturated rings. The third kappa shape index (κ3) is 6.07. The van der Waals surface area contributed by atoms with Crippen molar-refractivity contribution in [1.82, 2.24) is 4.90 Å². The first-order chi connectivity index (χ1) is 15.5. The molecule has 3 rings (SSSR count). The van der Waals surface area contributed by atoms with Crippen LogP contribution >= 0.6 is 0 Å². The fourth-order valence-corrected chi connectivity index (χ4v) is 4.09. The van der Waals surface area contributed by atoms with Crippen LogP contribution in [0.1, 0.15) is 25.3 Å². The number of amides is 1. The minimum Gasteiger partial charge on any atom is -0.494 e. The van der Waals surface area contributed by atoms with Gasteiger partial charge < -0.3 is 24.4 Å². The maximum Gasteiger partial charge on any atom is 0.228 e. The summed E-state index contributed by atoms with van der Waals surface area (Å²) in [6.45, 7) is 4.40. The Morgan fingerprint density at radius 2 is 1.81 bits per heavy atom. The van der Waals surface area contributed by atoms with Gasteiger partial charge in [-0.1, -0.05) is 24.3 Å². The highest BCUT2D eigenvalue weighted by Crippen LogP contribution is 2.23. The lowest BCUT2D eigenvalue weighted by molar-refractivity contribution is -0.142. The van der Waals surface area contributed by atoms with Crippen LogP contribution in [0.5, 0.6) is 5.75 Å². The number of piperazine rings is 1. The number of hydrogen-bond acceptors (Lipinski definition) is 5. The van der Waals surface area contributed by atoms with Crippen LogP contribution in [0.25, 0.3) is 0 Å². The summed E-state index contributed by atoms with van der Waals surface area (Å²) >= 11 is 0. The Bertz CT molecular complexity index is 882. The molecule has 172 valence electrons. The molecule has 2 atom stereocenters. The number of ether oxygens (including phenoxy) is 1. The van der Waals surface area contributed by atoms with Gasteiger partial charge in [0.2, 0.25) is 5.91 Å². The van der Waals surface area contributed by atoms with Gasteiger partial charge in [0.05, 0.1) is 18.2 Å². The Morgan fingerprint density at radius 3 is 2.44 bits per heavy atom. The zero-order chi connectivity index (χ0) is 22.9. The average Bonchev–Trinajstić information content (AvgIpc) is 2.83. The molecular weight excluding hydrogens is 411 g/mol. The molecule has 0 unspecified atom stereocenters. The number of carbonyl (C=O) groups excluding carboxylic acids is 2. The molecule has 0 aromatic heterocycles. The van der Waals surface area contributed by atoms with Gasteiger partial charge in [0.15, 0.2) is 0 Å². The Balaban J connectivity index is 1.54. The zero-order valence-electron chi connectivity index (χ0n) is 18.5. The summed E-state index contributed by atoms with van der Waals surface area (Å²) in [5.41, 5.74) is 1.64. The molecule has 0 bridgehead atoms. The fourth-order valence-electron chi connectivity index (χ4n) is 4.09. The van der Waals surface area contributed by atoms with E-state index in [0.717, 1.165) is 17.7 Å². The summed E-state index contributed by atoms with van der Waals surface area (Å²) in [7, 11) is 0. The molecule has 6 nitrogen and oxygen atoms in total. The molecule has 0 radical (unpaired) electrons. The highest BCUT2D eigenvalue weighted by molar-refractivity contribution is 5.83. The summed E-state index contributed by atoms with van der Waals surface area (Å²) in [6, 6.07) is 14.4. The monoisotopic (exact) mass is 442 g/mol. The summed E-state index contributed by atoms with van der Waals surface area (Å²) in [4.78, 5) is 27.9. The number of aldehydes is 1. The van der Waals surface area contributed by atoms with Crippen molar-refractivity contribution in [2.75, 3.05) is 37.7 Å². The lowest BCUT2D eigenvalue weighted by Crippen LogP contribution is -2.52. The van der Waals surface area contributed by atoms with Crippen LogP contribution in [0.2, 0.25) is 0 Å². The van der Waals surface area contributed by atoms with Gasteiger partial charge in [-0.2, -0.15) is 0 Å². The van der Waals surface area contributed by atoms with Crippen molar-refractivity contribution in [3.8, 4) is 5.75 Å². The van der Waals surface area contributed by atoms with Crippen LogP contribution in [0.4, 0.5) is 10.1 Å². The van der Waals surface area contributed by atoms with E-state index >= 15 is 0 Å². The minimum absolute atomic E-state index is 0.218. The van der Waals surface area contributed by atoms with Crippen molar-refractivity contribution in [3.63, 3.8) is 0 Å². The average molecular weight is 443 g/mol. The highest BCUT2D eigenvalue weighted by atomic mass is 19.1. The second-order valence-electron chi connectivity index (χ2n) is 7.97. The smallest absolute Gasteiger partial charge is 0.228 e. The summed E-state index contributed by atoms with van der Waals surface area (Å²) < 4.78 is 19.5. The van der Waals surface area contributed by atoms with E-state index in [1.807, 2.05) is 36.1 Å². The molecule has 1 amide bonds. The molecule has 2 aromatic carbocycles. The van der Waals surface area contributed by atoms with Gasteiger partial charge in [-0.3, -0.25) is 4.79 Å². The second kappa shape index (κ2) is 11.6. The number of nitrogens with zero attached hydrogens (tertiary/aromatic N) is 2. The van der Waals surface area contributed by atoms with E-state index in [-0.39, 0.29) is 11.7 Å². The number of aryl methyl sites for hydroxylation is 1. The quantitative estimate of drug-likeness (QED) is 0.573. The number of benzene rings is 2. The summed E-state index contributed by atoms with van der Waals surface area (Å²) in [5, 5.41) is 10.2. The lowest BCUT2D eigenvalue weighted by atomic mass is 9.93. The standard InChI is InChI=1S/C25H31FN2O4/c1-2-32-20-12-10-19(11-13-20)6-5-7-21(24(30)18-29)25(31)28-16-14-27(15-17-28)23-9-4-3-8-22(23)26/h3-4,8-13,18,21,24,30H,2,5-7,14-17H2,1H3/t21-,24-/m1/s1. The maximum atomic E-state index is 14.0. The van der Waals surface area contributed by atoms with Crippen molar-refractivity contribution in [2.45, 2.75) is 32.3 Å². The first-order valence-electron chi connectivity index (χ1n) is 11.2. The first kappa shape index (κ1) is 23.7. The van der Waals surface area contributed by atoms with Gasteiger partial charge in [-0.25, -0.2) is 4.39 Å². The fraction of sp³-hybridized carbons (Fsp3) is 0.440. The van der Waals surface area contributed by atoms with Crippen molar-refractivity contribution in [1.29, 1.82) is 0 Å². The van der Waals surface area contributed by atoms with E-state index in [1.165, 1.54) is 6.07 Å². The number of carbonyl (C=O) groups is 2. The number of aliphatic hydroxyl groups excluding tert-OH is 1. The molecule has 1 heterocycles. The Kier molecular flexibility index (Phi) is 8.62. The van der Waals surface area contributed by atoms with E-state index in [1.54, 1.807) is 23.1 Å². The maximum absolute atomic E-state index is 14.0. The van der Waals surface area contributed by atoms with Crippen LogP contribution in [0, 0.1) is 11.7 Å². The van der Waals surface area contributed by atoms with Crippen molar-refractivity contribution in [3.05, 3.63) is 59.9 Å². The van der Waals surface area contributed by atoms with E-state index in [2.05, 4.69) is 0 Å². The summed E-state index contributed by atoms with van der Waals surface area (Å²) in [5.74, 6) is -0.453. The first-order valence-corrected chi connectivity index (χ1v) is 11.2. The molecule has 32 heavy (non-hydrogen) atoms. The van der Waals surface area contributed by atoms with E-state index in [4.69, 9.17) is 4.74 Å². The van der Waals surface area contributed by atoms with Crippen molar-refractivity contribution in [2.24, 2.45) is 5.92 Å². The van der Waals surface area contributed by atoms with Crippen molar-refractivity contribution >= 4 is 17.9 Å². The minimum atomic E-state index is -1.33. The van der Waals surface area contributed by atoms with E-state index < -0.39 is 12.0 Å². The number of para-hydroxylation sites is 1. The van der Waals surface area contributed by atoms with E-state index in [0.29, 0.717) is 57.6 Å². The predicted octanol–water partition coefficient (Wildman–Crippen LogP) is 3.07. The molecule has 1 aliphatic heterocycles. The normalized spacial score (nSPS) is 15.8. The van der Waals surface area contributed by atoms with Crippen LogP contribution in [0.3, 0.4) is 0 Å². The molecule has 7 heteroatoms. The van der Waals surface area contributed by atoms with Crippen LogP contribution < -0.4 is 9.64 Å². The van der Waals surface area contributed by atoms with Gasteiger partial charge in [-0.05, 0) is 56.0 Å². The van der Waals surface area contributed by atoms with Gasteiger partial charge in [0.25, 0.3) is 0 Å². The van der Waals surface area contributed by atoms with Gasteiger partial charge in [0.1, 0.15) is 24.0 Å². The topological polar surface area (TPSA) is 70.1 Å². The summed E-state index contributed by atoms with van der Waals surface area (Å²) in [6.07, 6.45) is 0.939. The van der Waals surface area contributed by atoms with Gasteiger partial charge in [0, 0.05) is 26.2 Å². The number of hydrogen-bond donors (Lipinski definition) is 1. The zero-order valence-corrected chi connectivity index (χ0v) is 18.5. The van der Waals surface area contributed by atoms with Crippen LogP contribution in [-0.4, -0.2) is 61.1 Å². The molecular formula is C25H31FN2O4. The molecule has 2 aromatic rings. The lowest BCUT2D eigenvalue weighted by Gasteiger charge is -2.38. The molecule has 0 saturated carbocycles. The SMILES string of the molecule is CCOc1ccc(CCC[C@@H](C(=O)N2CCN(c3ccccc3F)CC2)[C@H](O)C=O)cc1. The number of halogens is 1. The molecule has 0 spiro atoms. The highest BCUT2D eigenvalue weighted by Gasteiger charge is 2.32. The second-order valence-corrected chi connectivity index (χ2v) is 7.97. The van der Waals surface area contributed by atoms with Crippen LogP contribution in [0.15, 0.2) is 48.5 Å². The largest absolute Gasteiger partial charge is 0.494 e. The van der Waals surface area contributed by atoms with Gasteiger partial charge >= 0.3 is 0 Å². The molecule has 1 N–H and O–H groups in total. The van der Waals surface area contributed by atoms with E-state index in [9.17, 15) is 19.1 Å². The van der Waals surface area contributed by atoms with Crippen molar-refractivity contribution < 1.29 is 23.8 Å².